The van der Waals surface area contributed by atoms with Crippen LogP contribution in [0.15, 0.2) is 84.1 Å². The second-order valence-corrected chi connectivity index (χ2v) is 8.54. The molecule has 0 bridgehead atoms. The number of allylic oxidation sites excluding steroid dienone is 1. The van der Waals surface area contributed by atoms with Gasteiger partial charge in [-0.3, -0.25) is 4.79 Å². The fourth-order valence-electron chi connectivity index (χ4n) is 4.43. The van der Waals surface area contributed by atoms with E-state index in [1.54, 1.807) is 6.26 Å². The van der Waals surface area contributed by atoms with Gasteiger partial charge >= 0.3 is 0 Å². The Morgan fingerprint density at radius 3 is 2.38 bits per heavy atom. The molecule has 1 aliphatic heterocycles. The van der Waals surface area contributed by atoms with Crippen molar-refractivity contribution in [2.75, 3.05) is 19.6 Å². The van der Waals surface area contributed by atoms with Gasteiger partial charge in [0.1, 0.15) is 5.76 Å². The van der Waals surface area contributed by atoms with Crippen LogP contribution < -0.4 is 0 Å². The number of carbonyl (C=O) groups excluding carboxylic acids is 1. The van der Waals surface area contributed by atoms with E-state index < -0.39 is 0 Å². The number of piperazine rings is 1. The number of hydrogen-bond acceptors (Lipinski definition) is 4. The molecule has 4 nitrogen and oxygen atoms in total. The molecule has 164 valence electrons. The summed E-state index contributed by atoms with van der Waals surface area (Å²) in [7, 11) is 0. The molecule has 0 aliphatic carbocycles. The van der Waals surface area contributed by atoms with Gasteiger partial charge < -0.3 is 14.2 Å². The highest BCUT2D eigenvalue weighted by Gasteiger charge is 2.29. The van der Waals surface area contributed by atoms with Gasteiger partial charge in [0, 0.05) is 42.5 Å². The summed E-state index contributed by atoms with van der Waals surface area (Å²) in [5.74, 6) is 0.821. The zero-order chi connectivity index (χ0) is 22.8. The zero-order valence-corrected chi connectivity index (χ0v) is 19.1. The van der Waals surface area contributed by atoms with Crippen molar-refractivity contribution in [1.82, 2.24) is 9.80 Å². The Balaban J connectivity index is 1.46. The summed E-state index contributed by atoms with van der Waals surface area (Å²) < 4.78 is 5.60. The Morgan fingerprint density at radius 2 is 1.75 bits per heavy atom. The third kappa shape index (κ3) is 4.13. The molecule has 1 atom stereocenters. The number of nitrogens with zero attached hydrogens (tertiary/aromatic N) is 2. The second kappa shape index (κ2) is 8.91. The lowest BCUT2D eigenvalue weighted by molar-refractivity contribution is 0.0926. The van der Waals surface area contributed by atoms with Gasteiger partial charge in [0.25, 0.3) is 0 Å². The van der Waals surface area contributed by atoms with Crippen molar-refractivity contribution in [3.8, 4) is 11.3 Å². The van der Waals surface area contributed by atoms with E-state index in [4.69, 9.17) is 4.42 Å². The highest BCUT2D eigenvalue weighted by molar-refractivity contribution is 6.09. The maximum Gasteiger partial charge on any atom is 0.208 e. The van der Waals surface area contributed by atoms with Crippen LogP contribution in [0.25, 0.3) is 17.0 Å². The van der Waals surface area contributed by atoms with Gasteiger partial charge in [-0.1, -0.05) is 49.6 Å². The van der Waals surface area contributed by atoms with Crippen molar-refractivity contribution in [1.29, 1.82) is 0 Å². The molecule has 0 radical (unpaired) electrons. The SMILES string of the molecule is C=C(c1ccccc1)N1CCN(C(=C)C(=O)c2ccc(-c3occc3C)cc2C)C(C)C1. The predicted molar refractivity (Wildman–Crippen MR) is 130 cm³/mol. The first-order valence-electron chi connectivity index (χ1n) is 11.0. The lowest BCUT2D eigenvalue weighted by atomic mass is 9.97. The molecule has 0 amide bonds. The zero-order valence-electron chi connectivity index (χ0n) is 19.1. The minimum absolute atomic E-state index is 0.0209. The first-order chi connectivity index (χ1) is 15.4. The summed E-state index contributed by atoms with van der Waals surface area (Å²) in [4.78, 5) is 17.7. The number of benzene rings is 2. The van der Waals surface area contributed by atoms with Crippen LogP contribution in [0.5, 0.6) is 0 Å². The number of furan rings is 1. The minimum Gasteiger partial charge on any atom is -0.464 e. The molecule has 1 aromatic heterocycles. The maximum absolute atomic E-state index is 13.3. The van der Waals surface area contributed by atoms with E-state index in [2.05, 4.69) is 42.0 Å². The van der Waals surface area contributed by atoms with Crippen molar-refractivity contribution < 1.29 is 9.21 Å². The molecule has 2 heterocycles. The van der Waals surface area contributed by atoms with Crippen molar-refractivity contribution in [2.45, 2.75) is 26.8 Å². The van der Waals surface area contributed by atoms with E-state index in [9.17, 15) is 4.79 Å². The number of carbonyl (C=O) groups is 1. The summed E-state index contributed by atoms with van der Waals surface area (Å²) in [5.41, 5.74) is 6.37. The van der Waals surface area contributed by atoms with E-state index in [1.807, 2.05) is 56.3 Å². The molecular weight excluding hydrogens is 396 g/mol. The van der Waals surface area contributed by atoms with Crippen LogP contribution in [0.2, 0.25) is 0 Å². The molecule has 1 saturated heterocycles. The van der Waals surface area contributed by atoms with Crippen LogP contribution >= 0.6 is 0 Å². The van der Waals surface area contributed by atoms with Crippen LogP contribution in [-0.2, 0) is 0 Å². The van der Waals surface area contributed by atoms with E-state index >= 15 is 0 Å². The molecule has 32 heavy (non-hydrogen) atoms. The van der Waals surface area contributed by atoms with E-state index in [-0.39, 0.29) is 11.8 Å². The fourth-order valence-corrected chi connectivity index (χ4v) is 4.43. The Kier molecular flexibility index (Phi) is 6.04. The van der Waals surface area contributed by atoms with Crippen LogP contribution in [0.3, 0.4) is 0 Å². The number of rotatable bonds is 6. The monoisotopic (exact) mass is 426 g/mol. The Hall–Kier alpha value is -3.53. The Bertz CT molecular complexity index is 1160. The number of Topliss-reactive ketones (excluding diaryl/α,β-unsaturated/α-hetero) is 1. The number of aryl methyl sites for hydroxylation is 2. The van der Waals surface area contributed by atoms with Crippen LogP contribution in [0.4, 0.5) is 0 Å². The minimum atomic E-state index is -0.0209. The molecule has 0 spiro atoms. The maximum atomic E-state index is 13.3. The van der Waals surface area contributed by atoms with Gasteiger partial charge in [-0.2, -0.15) is 0 Å². The molecular formula is C28H30N2O2. The fraction of sp³-hybridized carbons (Fsp3) is 0.250. The van der Waals surface area contributed by atoms with Crippen molar-refractivity contribution in [2.24, 2.45) is 0 Å². The molecule has 1 unspecified atom stereocenters. The highest BCUT2D eigenvalue weighted by atomic mass is 16.3. The average Bonchev–Trinajstić information content (AvgIpc) is 3.24. The summed E-state index contributed by atoms with van der Waals surface area (Å²) >= 11 is 0. The first-order valence-corrected chi connectivity index (χ1v) is 11.0. The van der Waals surface area contributed by atoms with Crippen molar-refractivity contribution in [3.63, 3.8) is 0 Å². The third-order valence-corrected chi connectivity index (χ3v) is 6.32. The van der Waals surface area contributed by atoms with Crippen molar-refractivity contribution in [3.05, 3.63) is 102 Å². The van der Waals surface area contributed by atoms with Crippen molar-refractivity contribution >= 4 is 11.5 Å². The molecule has 0 saturated carbocycles. The molecule has 1 aliphatic rings. The third-order valence-electron chi connectivity index (χ3n) is 6.32. The molecule has 2 aromatic carbocycles. The highest BCUT2D eigenvalue weighted by Crippen LogP contribution is 2.29. The lowest BCUT2D eigenvalue weighted by Gasteiger charge is -2.43. The van der Waals surface area contributed by atoms with E-state index in [0.717, 1.165) is 53.3 Å². The average molecular weight is 427 g/mol. The first kappa shape index (κ1) is 21.7. The largest absolute Gasteiger partial charge is 0.464 e. The Morgan fingerprint density at radius 1 is 1.00 bits per heavy atom. The lowest BCUT2D eigenvalue weighted by Crippen LogP contribution is -2.51. The quantitative estimate of drug-likeness (QED) is 0.361. The Labute approximate surface area is 190 Å². The van der Waals surface area contributed by atoms with Crippen LogP contribution in [-0.4, -0.2) is 41.3 Å². The predicted octanol–water partition coefficient (Wildman–Crippen LogP) is 5.94. The van der Waals surface area contributed by atoms with Gasteiger partial charge in [0.2, 0.25) is 5.78 Å². The van der Waals surface area contributed by atoms with Gasteiger partial charge in [-0.15, -0.1) is 0 Å². The topological polar surface area (TPSA) is 36.7 Å². The molecule has 0 N–H and O–H groups in total. The summed E-state index contributed by atoms with van der Waals surface area (Å²) in [6, 6.07) is 18.2. The molecule has 3 aromatic rings. The van der Waals surface area contributed by atoms with Crippen LogP contribution in [0, 0.1) is 13.8 Å². The molecule has 4 rings (SSSR count). The number of ketones is 1. The summed E-state index contributed by atoms with van der Waals surface area (Å²) in [6.45, 7) is 16.9. The van der Waals surface area contributed by atoms with E-state index in [1.165, 1.54) is 0 Å². The van der Waals surface area contributed by atoms with Gasteiger partial charge in [-0.25, -0.2) is 0 Å². The second-order valence-electron chi connectivity index (χ2n) is 8.54. The number of hydrogen-bond donors (Lipinski definition) is 0. The van der Waals surface area contributed by atoms with Gasteiger partial charge in [0.15, 0.2) is 0 Å². The van der Waals surface area contributed by atoms with E-state index in [0.29, 0.717) is 11.3 Å². The standard InChI is InChI=1S/C28H30N2O2/c1-19-13-16-32-28(19)25-11-12-26(20(2)17-25)27(31)23(5)30-15-14-29(18-21(30)3)22(4)24-9-7-6-8-10-24/h6-13,16-17,21H,4-5,14-15,18H2,1-3H3. The smallest absolute Gasteiger partial charge is 0.208 e. The summed E-state index contributed by atoms with van der Waals surface area (Å²) in [5, 5.41) is 0. The van der Waals surface area contributed by atoms with Gasteiger partial charge in [0.05, 0.1) is 12.0 Å². The normalized spacial score (nSPS) is 16.2. The van der Waals surface area contributed by atoms with Crippen LogP contribution in [0.1, 0.15) is 34.0 Å². The molecule has 1 fully saturated rings. The summed E-state index contributed by atoms with van der Waals surface area (Å²) in [6.07, 6.45) is 1.69. The van der Waals surface area contributed by atoms with Gasteiger partial charge in [-0.05, 0) is 55.7 Å². The molecule has 4 heteroatoms.